The lowest BCUT2D eigenvalue weighted by Crippen LogP contribution is -1.97. The summed E-state index contributed by atoms with van der Waals surface area (Å²) in [6, 6.07) is 10.5. The van der Waals surface area contributed by atoms with Crippen LogP contribution >= 0.6 is 0 Å². The smallest absolute Gasteiger partial charge is 0.337 e. The van der Waals surface area contributed by atoms with Gasteiger partial charge in [0.25, 0.3) is 0 Å². The molecule has 2 aromatic rings. The summed E-state index contributed by atoms with van der Waals surface area (Å²) >= 11 is 0. The first-order valence-electron chi connectivity index (χ1n) is 5.09. The maximum Gasteiger partial charge on any atom is 0.337 e. The van der Waals surface area contributed by atoms with Crippen LogP contribution < -0.4 is 4.74 Å². The van der Waals surface area contributed by atoms with E-state index >= 15 is 0 Å². The van der Waals surface area contributed by atoms with Crippen LogP contribution in [0.15, 0.2) is 42.6 Å². The number of rotatable bonds is 3. The normalized spacial score (nSPS) is 9.94. The number of hydrogen-bond acceptors (Lipinski definition) is 3. The summed E-state index contributed by atoms with van der Waals surface area (Å²) in [7, 11) is 0. The SMILES string of the molecule is Cc1ccc(Oc2ccc(C(=O)O)cn2)cc1. The van der Waals surface area contributed by atoms with Crippen LogP contribution in [0, 0.1) is 6.92 Å². The molecule has 4 nitrogen and oxygen atoms in total. The summed E-state index contributed by atoms with van der Waals surface area (Å²) in [4.78, 5) is 14.5. The number of carboxylic acids is 1. The van der Waals surface area contributed by atoms with Crippen molar-refractivity contribution in [3.8, 4) is 11.6 Å². The highest BCUT2D eigenvalue weighted by atomic mass is 16.5. The lowest BCUT2D eigenvalue weighted by molar-refractivity contribution is 0.0696. The topological polar surface area (TPSA) is 59.4 Å². The van der Waals surface area contributed by atoms with E-state index in [0.717, 1.165) is 5.56 Å². The van der Waals surface area contributed by atoms with Crippen LogP contribution in [-0.2, 0) is 0 Å². The van der Waals surface area contributed by atoms with E-state index in [0.29, 0.717) is 11.6 Å². The fraction of sp³-hybridized carbons (Fsp3) is 0.0769. The molecule has 1 aromatic carbocycles. The van der Waals surface area contributed by atoms with Gasteiger partial charge in [-0.25, -0.2) is 9.78 Å². The number of hydrogen-bond donors (Lipinski definition) is 1. The van der Waals surface area contributed by atoms with E-state index in [1.807, 2.05) is 31.2 Å². The molecule has 0 saturated heterocycles. The summed E-state index contributed by atoms with van der Waals surface area (Å²) in [5.74, 6) is 0.0458. The zero-order chi connectivity index (χ0) is 12.3. The number of aromatic carboxylic acids is 1. The number of pyridine rings is 1. The standard InChI is InChI=1S/C13H11NO3/c1-9-2-5-11(6-3-9)17-12-7-4-10(8-14-12)13(15)16/h2-8H,1H3,(H,15,16). The number of aromatic nitrogens is 1. The molecule has 0 fully saturated rings. The molecule has 0 amide bonds. The predicted octanol–water partition coefficient (Wildman–Crippen LogP) is 2.88. The second-order valence-electron chi connectivity index (χ2n) is 3.61. The van der Waals surface area contributed by atoms with Crippen LogP contribution in [0.2, 0.25) is 0 Å². The van der Waals surface area contributed by atoms with Crippen molar-refractivity contribution in [1.82, 2.24) is 4.98 Å². The third-order valence-electron chi connectivity index (χ3n) is 2.23. The first kappa shape index (κ1) is 11.1. The van der Waals surface area contributed by atoms with Crippen LogP contribution in [-0.4, -0.2) is 16.1 Å². The number of aryl methyl sites for hydroxylation is 1. The van der Waals surface area contributed by atoms with Crippen LogP contribution in [0.4, 0.5) is 0 Å². The summed E-state index contributed by atoms with van der Waals surface area (Å²) in [6.07, 6.45) is 1.27. The number of carboxylic acid groups (broad SMARTS) is 1. The summed E-state index contributed by atoms with van der Waals surface area (Å²) < 4.78 is 5.46. The molecule has 2 rings (SSSR count). The van der Waals surface area contributed by atoms with E-state index in [4.69, 9.17) is 9.84 Å². The van der Waals surface area contributed by atoms with Gasteiger partial charge in [0.05, 0.1) is 5.56 Å². The van der Waals surface area contributed by atoms with Gasteiger partial charge in [-0.15, -0.1) is 0 Å². The van der Waals surface area contributed by atoms with Crippen molar-refractivity contribution in [2.24, 2.45) is 0 Å². The van der Waals surface area contributed by atoms with Gasteiger partial charge >= 0.3 is 5.97 Å². The number of nitrogens with zero attached hydrogens (tertiary/aromatic N) is 1. The largest absolute Gasteiger partial charge is 0.478 e. The Kier molecular flexibility index (Phi) is 3.05. The highest BCUT2D eigenvalue weighted by Crippen LogP contribution is 2.19. The van der Waals surface area contributed by atoms with Crippen molar-refractivity contribution in [3.63, 3.8) is 0 Å². The molecule has 0 unspecified atom stereocenters. The lowest BCUT2D eigenvalue weighted by atomic mass is 10.2. The number of carbonyl (C=O) groups is 1. The highest BCUT2D eigenvalue weighted by Gasteiger charge is 2.03. The zero-order valence-electron chi connectivity index (χ0n) is 9.25. The number of ether oxygens (including phenoxy) is 1. The van der Waals surface area contributed by atoms with Crippen molar-refractivity contribution in [2.75, 3.05) is 0 Å². The molecule has 0 atom stereocenters. The van der Waals surface area contributed by atoms with Crippen LogP contribution in [0.5, 0.6) is 11.6 Å². The molecule has 1 N–H and O–H groups in total. The molecule has 17 heavy (non-hydrogen) atoms. The average Bonchev–Trinajstić information content (AvgIpc) is 2.33. The molecular weight excluding hydrogens is 218 g/mol. The maximum absolute atomic E-state index is 10.6. The Morgan fingerprint density at radius 1 is 1.18 bits per heavy atom. The van der Waals surface area contributed by atoms with Crippen molar-refractivity contribution in [3.05, 3.63) is 53.7 Å². The Labute approximate surface area is 98.5 Å². The zero-order valence-corrected chi connectivity index (χ0v) is 9.25. The van der Waals surface area contributed by atoms with Gasteiger partial charge in [0.2, 0.25) is 5.88 Å². The molecule has 0 aliphatic heterocycles. The van der Waals surface area contributed by atoms with Gasteiger partial charge in [-0.05, 0) is 25.1 Å². The fourth-order valence-corrected chi connectivity index (χ4v) is 1.29. The molecule has 0 radical (unpaired) electrons. The second kappa shape index (κ2) is 4.65. The molecule has 1 heterocycles. The van der Waals surface area contributed by atoms with Crippen LogP contribution in [0.3, 0.4) is 0 Å². The molecule has 86 valence electrons. The molecule has 0 bridgehead atoms. The van der Waals surface area contributed by atoms with Gasteiger partial charge in [-0.2, -0.15) is 0 Å². The third kappa shape index (κ3) is 2.81. The van der Waals surface area contributed by atoms with Crippen molar-refractivity contribution < 1.29 is 14.6 Å². The Morgan fingerprint density at radius 3 is 2.41 bits per heavy atom. The Morgan fingerprint density at radius 2 is 1.88 bits per heavy atom. The minimum absolute atomic E-state index is 0.140. The minimum atomic E-state index is -1.00. The van der Waals surface area contributed by atoms with Gasteiger partial charge < -0.3 is 9.84 Å². The average molecular weight is 229 g/mol. The first-order chi connectivity index (χ1) is 8.15. The van der Waals surface area contributed by atoms with Gasteiger partial charge in [-0.3, -0.25) is 0 Å². The monoisotopic (exact) mass is 229 g/mol. The van der Waals surface area contributed by atoms with Crippen LogP contribution in [0.25, 0.3) is 0 Å². The van der Waals surface area contributed by atoms with Crippen LogP contribution in [0.1, 0.15) is 15.9 Å². The van der Waals surface area contributed by atoms with Gasteiger partial charge in [-0.1, -0.05) is 17.7 Å². The van der Waals surface area contributed by atoms with E-state index in [1.165, 1.54) is 18.3 Å². The van der Waals surface area contributed by atoms with Gasteiger partial charge in [0.1, 0.15) is 5.75 Å². The molecule has 0 aliphatic carbocycles. The Balaban J connectivity index is 2.13. The summed E-state index contributed by atoms with van der Waals surface area (Å²) in [6.45, 7) is 1.99. The molecule has 0 saturated carbocycles. The third-order valence-corrected chi connectivity index (χ3v) is 2.23. The van der Waals surface area contributed by atoms with E-state index < -0.39 is 5.97 Å². The van der Waals surface area contributed by atoms with E-state index in [1.54, 1.807) is 0 Å². The van der Waals surface area contributed by atoms with E-state index in [9.17, 15) is 4.79 Å². The first-order valence-corrected chi connectivity index (χ1v) is 5.09. The highest BCUT2D eigenvalue weighted by molar-refractivity contribution is 5.87. The second-order valence-corrected chi connectivity index (χ2v) is 3.61. The van der Waals surface area contributed by atoms with E-state index in [-0.39, 0.29) is 5.56 Å². The van der Waals surface area contributed by atoms with E-state index in [2.05, 4.69) is 4.98 Å². The molecule has 4 heteroatoms. The molecular formula is C13H11NO3. The van der Waals surface area contributed by atoms with Gasteiger partial charge in [0, 0.05) is 12.3 Å². The molecule has 1 aromatic heterocycles. The van der Waals surface area contributed by atoms with Gasteiger partial charge in [0.15, 0.2) is 0 Å². The quantitative estimate of drug-likeness (QED) is 0.879. The van der Waals surface area contributed by atoms with Crippen molar-refractivity contribution in [1.29, 1.82) is 0 Å². The predicted molar refractivity (Wildman–Crippen MR) is 62.4 cm³/mol. The Bertz CT molecular complexity index is 517. The van der Waals surface area contributed by atoms with Crippen molar-refractivity contribution in [2.45, 2.75) is 6.92 Å². The molecule has 0 spiro atoms. The fourth-order valence-electron chi connectivity index (χ4n) is 1.29. The molecule has 0 aliphatic rings. The van der Waals surface area contributed by atoms with Crippen molar-refractivity contribution >= 4 is 5.97 Å². The number of benzene rings is 1. The summed E-state index contributed by atoms with van der Waals surface area (Å²) in [5, 5.41) is 8.72. The maximum atomic E-state index is 10.6. The minimum Gasteiger partial charge on any atom is -0.478 e. The Hall–Kier alpha value is -2.36. The lowest BCUT2D eigenvalue weighted by Gasteiger charge is -2.04. The summed E-state index contributed by atoms with van der Waals surface area (Å²) in [5.41, 5.74) is 1.28.